The van der Waals surface area contributed by atoms with Gasteiger partial charge in [-0.3, -0.25) is 0 Å². The second-order valence-corrected chi connectivity index (χ2v) is 5.88. The Kier molecular flexibility index (Phi) is 4.27. The molecule has 19 heavy (non-hydrogen) atoms. The van der Waals surface area contributed by atoms with E-state index in [1.54, 1.807) is 6.07 Å². The standard InChI is InChI=1S/C16H18FNS/c1-10-7-8-13(9-11(10)2)19-16-14(12(3)18)5-4-6-15(16)17/h4-9,12H,18H2,1-3H3/t12-/m0/s1. The minimum Gasteiger partial charge on any atom is -0.324 e. The summed E-state index contributed by atoms with van der Waals surface area (Å²) in [5.74, 6) is -0.210. The number of nitrogens with two attached hydrogens (primary N) is 1. The molecule has 2 aromatic rings. The summed E-state index contributed by atoms with van der Waals surface area (Å²) < 4.78 is 14.0. The van der Waals surface area contributed by atoms with Crippen molar-refractivity contribution in [3.8, 4) is 0 Å². The Morgan fingerprint density at radius 2 is 1.84 bits per heavy atom. The number of halogens is 1. The van der Waals surface area contributed by atoms with Gasteiger partial charge in [0, 0.05) is 10.9 Å². The molecule has 1 nitrogen and oxygen atoms in total. The third-order valence-corrected chi connectivity index (χ3v) is 4.31. The molecule has 2 aromatic carbocycles. The van der Waals surface area contributed by atoms with Gasteiger partial charge in [0.15, 0.2) is 0 Å². The first-order chi connectivity index (χ1) is 8.99. The minimum absolute atomic E-state index is 0.176. The lowest BCUT2D eigenvalue weighted by Gasteiger charge is -2.13. The summed E-state index contributed by atoms with van der Waals surface area (Å²) in [6, 6.07) is 11.1. The molecule has 100 valence electrons. The topological polar surface area (TPSA) is 26.0 Å². The van der Waals surface area contributed by atoms with Crippen LogP contribution in [0.2, 0.25) is 0 Å². The van der Waals surface area contributed by atoms with Gasteiger partial charge in [-0.1, -0.05) is 30.0 Å². The highest BCUT2D eigenvalue weighted by atomic mass is 32.2. The fourth-order valence-electron chi connectivity index (χ4n) is 1.89. The summed E-state index contributed by atoms with van der Waals surface area (Å²) in [6.45, 7) is 6.01. The molecule has 1 atom stereocenters. The van der Waals surface area contributed by atoms with E-state index < -0.39 is 0 Å². The molecule has 0 amide bonds. The van der Waals surface area contributed by atoms with E-state index >= 15 is 0 Å². The molecule has 0 heterocycles. The molecule has 0 aromatic heterocycles. The number of rotatable bonds is 3. The Labute approximate surface area is 118 Å². The molecular weight excluding hydrogens is 257 g/mol. The van der Waals surface area contributed by atoms with E-state index in [0.29, 0.717) is 4.90 Å². The van der Waals surface area contributed by atoms with E-state index in [4.69, 9.17) is 5.73 Å². The second kappa shape index (κ2) is 5.76. The molecule has 0 aliphatic rings. The van der Waals surface area contributed by atoms with Crippen LogP contribution >= 0.6 is 11.8 Å². The molecule has 0 saturated heterocycles. The van der Waals surface area contributed by atoms with Gasteiger partial charge in [0.1, 0.15) is 5.82 Å². The zero-order chi connectivity index (χ0) is 14.0. The van der Waals surface area contributed by atoms with Crippen LogP contribution in [0.4, 0.5) is 4.39 Å². The van der Waals surface area contributed by atoms with Gasteiger partial charge in [0.2, 0.25) is 0 Å². The largest absolute Gasteiger partial charge is 0.324 e. The molecule has 0 unspecified atom stereocenters. The highest BCUT2D eigenvalue weighted by molar-refractivity contribution is 7.99. The van der Waals surface area contributed by atoms with Crippen molar-refractivity contribution in [2.24, 2.45) is 5.73 Å². The first-order valence-electron chi connectivity index (χ1n) is 6.28. The van der Waals surface area contributed by atoms with Crippen molar-refractivity contribution in [1.82, 2.24) is 0 Å². The van der Waals surface area contributed by atoms with Gasteiger partial charge < -0.3 is 5.73 Å². The van der Waals surface area contributed by atoms with E-state index in [2.05, 4.69) is 26.0 Å². The second-order valence-electron chi connectivity index (χ2n) is 4.79. The van der Waals surface area contributed by atoms with Gasteiger partial charge in [-0.2, -0.15) is 0 Å². The van der Waals surface area contributed by atoms with Crippen LogP contribution in [0.15, 0.2) is 46.2 Å². The van der Waals surface area contributed by atoms with Gasteiger partial charge in [-0.15, -0.1) is 0 Å². The Hall–Kier alpha value is -1.32. The van der Waals surface area contributed by atoms with Crippen molar-refractivity contribution in [3.63, 3.8) is 0 Å². The van der Waals surface area contributed by atoms with Crippen molar-refractivity contribution in [2.75, 3.05) is 0 Å². The Balaban J connectivity index is 2.40. The van der Waals surface area contributed by atoms with E-state index in [-0.39, 0.29) is 11.9 Å². The lowest BCUT2D eigenvalue weighted by molar-refractivity contribution is 0.591. The fraction of sp³-hybridized carbons (Fsp3) is 0.250. The molecule has 0 spiro atoms. The molecule has 0 bridgehead atoms. The van der Waals surface area contributed by atoms with Crippen LogP contribution in [0.1, 0.15) is 29.7 Å². The van der Waals surface area contributed by atoms with Crippen LogP contribution in [0.3, 0.4) is 0 Å². The Morgan fingerprint density at radius 3 is 2.47 bits per heavy atom. The van der Waals surface area contributed by atoms with Gasteiger partial charge in [0.25, 0.3) is 0 Å². The molecule has 0 aliphatic heterocycles. The van der Waals surface area contributed by atoms with Gasteiger partial charge in [0.05, 0.1) is 4.90 Å². The molecule has 2 rings (SSSR count). The average molecular weight is 275 g/mol. The third-order valence-electron chi connectivity index (χ3n) is 3.19. The first kappa shape index (κ1) is 14.1. The van der Waals surface area contributed by atoms with Crippen molar-refractivity contribution >= 4 is 11.8 Å². The highest BCUT2D eigenvalue weighted by Gasteiger charge is 2.13. The van der Waals surface area contributed by atoms with Crippen LogP contribution < -0.4 is 5.73 Å². The summed E-state index contributed by atoms with van der Waals surface area (Å²) in [5, 5.41) is 0. The van der Waals surface area contributed by atoms with Crippen LogP contribution in [0, 0.1) is 19.7 Å². The van der Waals surface area contributed by atoms with E-state index in [0.717, 1.165) is 10.5 Å². The molecule has 3 heteroatoms. The van der Waals surface area contributed by atoms with Crippen molar-refractivity contribution in [2.45, 2.75) is 36.6 Å². The lowest BCUT2D eigenvalue weighted by Crippen LogP contribution is -2.07. The van der Waals surface area contributed by atoms with Crippen molar-refractivity contribution < 1.29 is 4.39 Å². The summed E-state index contributed by atoms with van der Waals surface area (Å²) in [6.07, 6.45) is 0. The molecule has 2 N–H and O–H groups in total. The smallest absolute Gasteiger partial charge is 0.137 e. The zero-order valence-electron chi connectivity index (χ0n) is 11.4. The zero-order valence-corrected chi connectivity index (χ0v) is 12.2. The predicted octanol–water partition coefficient (Wildman–Crippen LogP) is 4.61. The maximum atomic E-state index is 14.0. The van der Waals surface area contributed by atoms with Crippen LogP contribution in [-0.4, -0.2) is 0 Å². The minimum atomic E-state index is -0.210. The van der Waals surface area contributed by atoms with E-state index in [1.165, 1.54) is 29.0 Å². The monoisotopic (exact) mass is 275 g/mol. The van der Waals surface area contributed by atoms with Gasteiger partial charge in [-0.05, 0) is 55.7 Å². The number of aryl methyl sites for hydroxylation is 2. The number of benzene rings is 2. The molecular formula is C16H18FNS. The molecule has 0 radical (unpaired) electrons. The van der Waals surface area contributed by atoms with Gasteiger partial charge in [-0.25, -0.2) is 4.39 Å². The predicted molar refractivity (Wildman–Crippen MR) is 79.0 cm³/mol. The summed E-state index contributed by atoms with van der Waals surface area (Å²) in [4.78, 5) is 1.66. The summed E-state index contributed by atoms with van der Waals surface area (Å²) in [7, 11) is 0. The van der Waals surface area contributed by atoms with Crippen LogP contribution in [0.5, 0.6) is 0 Å². The summed E-state index contributed by atoms with van der Waals surface area (Å²) >= 11 is 1.44. The Bertz CT molecular complexity index is 593. The first-order valence-corrected chi connectivity index (χ1v) is 7.10. The number of hydrogen-bond acceptors (Lipinski definition) is 2. The molecule has 0 fully saturated rings. The summed E-state index contributed by atoms with van der Waals surface area (Å²) in [5.41, 5.74) is 9.21. The average Bonchev–Trinajstić information content (AvgIpc) is 2.36. The quantitative estimate of drug-likeness (QED) is 0.885. The van der Waals surface area contributed by atoms with Crippen molar-refractivity contribution in [1.29, 1.82) is 0 Å². The maximum absolute atomic E-state index is 14.0. The SMILES string of the molecule is Cc1ccc(Sc2c(F)cccc2[C@H](C)N)cc1C. The third kappa shape index (κ3) is 3.17. The van der Waals surface area contributed by atoms with Gasteiger partial charge >= 0.3 is 0 Å². The van der Waals surface area contributed by atoms with Crippen LogP contribution in [0.25, 0.3) is 0 Å². The number of hydrogen-bond donors (Lipinski definition) is 1. The van der Waals surface area contributed by atoms with Crippen LogP contribution in [-0.2, 0) is 0 Å². The Morgan fingerprint density at radius 1 is 1.11 bits per heavy atom. The normalized spacial score (nSPS) is 12.5. The molecule has 0 aliphatic carbocycles. The molecule has 0 saturated carbocycles. The van der Waals surface area contributed by atoms with Crippen molar-refractivity contribution in [3.05, 3.63) is 58.9 Å². The maximum Gasteiger partial charge on any atom is 0.137 e. The van der Waals surface area contributed by atoms with E-state index in [9.17, 15) is 4.39 Å². The fourth-order valence-corrected chi connectivity index (χ4v) is 3.03. The lowest BCUT2D eigenvalue weighted by atomic mass is 10.1. The highest BCUT2D eigenvalue weighted by Crippen LogP contribution is 2.35. The van der Waals surface area contributed by atoms with E-state index in [1.807, 2.05) is 19.1 Å².